The van der Waals surface area contributed by atoms with Gasteiger partial charge in [-0.1, -0.05) is 17.7 Å². The van der Waals surface area contributed by atoms with E-state index in [1.807, 2.05) is 6.07 Å². The van der Waals surface area contributed by atoms with Gasteiger partial charge in [-0.05, 0) is 31.6 Å². The first-order chi connectivity index (χ1) is 6.24. The summed E-state index contributed by atoms with van der Waals surface area (Å²) in [5.74, 6) is 0. The van der Waals surface area contributed by atoms with Crippen molar-refractivity contribution in [1.29, 1.82) is 5.41 Å². The first kappa shape index (κ1) is 9.52. The van der Waals surface area contributed by atoms with Crippen LogP contribution in [0.5, 0.6) is 0 Å². The molecule has 0 aliphatic heterocycles. The standard InChI is InChI=1S/C11H14N2/c1-9-4-5-11(10(2)8-9)13-7-3-6-12/h3-8,12-13H,1-2H3/b7-3-,12-6?. The Balaban J connectivity index is 2.77. The molecule has 0 heterocycles. The van der Waals surface area contributed by atoms with Crippen LogP contribution in [0.2, 0.25) is 0 Å². The number of aryl methyl sites for hydroxylation is 2. The van der Waals surface area contributed by atoms with Gasteiger partial charge in [0.2, 0.25) is 0 Å². The van der Waals surface area contributed by atoms with Crippen LogP contribution in [0.4, 0.5) is 5.69 Å². The summed E-state index contributed by atoms with van der Waals surface area (Å²) in [6.07, 6.45) is 4.65. The van der Waals surface area contributed by atoms with Crippen LogP contribution in [0.25, 0.3) is 0 Å². The average molecular weight is 174 g/mol. The van der Waals surface area contributed by atoms with Crippen molar-refractivity contribution in [1.82, 2.24) is 0 Å². The van der Waals surface area contributed by atoms with Crippen LogP contribution in [-0.2, 0) is 0 Å². The Morgan fingerprint density at radius 1 is 1.31 bits per heavy atom. The fourth-order valence-corrected chi connectivity index (χ4v) is 1.16. The zero-order valence-electron chi connectivity index (χ0n) is 7.96. The second-order valence-electron chi connectivity index (χ2n) is 2.99. The van der Waals surface area contributed by atoms with Crippen LogP contribution in [0, 0.1) is 19.3 Å². The summed E-state index contributed by atoms with van der Waals surface area (Å²) in [5.41, 5.74) is 3.57. The Labute approximate surface area is 78.8 Å². The molecule has 0 amide bonds. The summed E-state index contributed by atoms with van der Waals surface area (Å²) in [7, 11) is 0. The van der Waals surface area contributed by atoms with Crippen LogP contribution in [0.1, 0.15) is 11.1 Å². The molecule has 1 rings (SSSR count). The summed E-state index contributed by atoms with van der Waals surface area (Å²) in [6, 6.07) is 6.23. The zero-order valence-corrected chi connectivity index (χ0v) is 7.96. The Morgan fingerprint density at radius 2 is 2.08 bits per heavy atom. The van der Waals surface area contributed by atoms with E-state index in [-0.39, 0.29) is 0 Å². The zero-order chi connectivity index (χ0) is 9.68. The Morgan fingerprint density at radius 3 is 2.69 bits per heavy atom. The van der Waals surface area contributed by atoms with Crippen LogP contribution in [0.3, 0.4) is 0 Å². The van der Waals surface area contributed by atoms with Gasteiger partial charge in [0.05, 0.1) is 0 Å². The number of nitrogens with one attached hydrogen (secondary N) is 2. The van der Waals surface area contributed by atoms with E-state index in [4.69, 9.17) is 5.41 Å². The van der Waals surface area contributed by atoms with Gasteiger partial charge in [0.1, 0.15) is 0 Å². The third kappa shape index (κ3) is 2.75. The molecule has 0 unspecified atom stereocenters. The number of rotatable bonds is 3. The molecular weight excluding hydrogens is 160 g/mol. The van der Waals surface area contributed by atoms with E-state index in [1.54, 1.807) is 12.3 Å². The SMILES string of the molecule is Cc1ccc(N/C=C\C=N)c(C)c1. The molecule has 0 aliphatic rings. The molecule has 0 radical (unpaired) electrons. The summed E-state index contributed by atoms with van der Waals surface area (Å²) in [6.45, 7) is 4.14. The maximum Gasteiger partial charge on any atom is 0.0409 e. The number of hydrogen-bond donors (Lipinski definition) is 2. The molecule has 0 bridgehead atoms. The minimum atomic E-state index is 1.09. The van der Waals surface area contributed by atoms with Gasteiger partial charge in [0, 0.05) is 18.1 Å². The smallest absolute Gasteiger partial charge is 0.0409 e. The summed E-state index contributed by atoms with van der Waals surface area (Å²) >= 11 is 0. The van der Waals surface area contributed by atoms with Crippen molar-refractivity contribution >= 4 is 11.9 Å². The molecule has 68 valence electrons. The van der Waals surface area contributed by atoms with E-state index >= 15 is 0 Å². The monoisotopic (exact) mass is 174 g/mol. The fourth-order valence-electron chi connectivity index (χ4n) is 1.16. The normalized spacial score (nSPS) is 10.3. The molecule has 2 N–H and O–H groups in total. The van der Waals surface area contributed by atoms with Crippen molar-refractivity contribution in [3.05, 3.63) is 41.6 Å². The van der Waals surface area contributed by atoms with Gasteiger partial charge in [-0.25, -0.2) is 0 Å². The minimum absolute atomic E-state index is 1.09. The fraction of sp³-hybridized carbons (Fsp3) is 0.182. The highest BCUT2D eigenvalue weighted by atomic mass is 14.8. The highest BCUT2D eigenvalue weighted by Crippen LogP contribution is 2.15. The maximum atomic E-state index is 6.80. The van der Waals surface area contributed by atoms with Crippen LogP contribution < -0.4 is 5.32 Å². The lowest BCUT2D eigenvalue weighted by atomic mass is 10.1. The van der Waals surface area contributed by atoms with Gasteiger partial charge in [0.25, 0.3) is 0 Å². The van der Waals surface area contributed by atoms with Gasteiger partial charge < -0.3 is 10.7 Å². The van der Waals surface area contributed by atoms with Crippen molar-refractivity contribution in [2.24, 2.45) is 0 Å². The Hall–Kier alpha value is -1.57. The second-order valence-corrected chi connectivity index (χ2v) is 2.99. The summed E-state index contributed by atoms with van der Waals surface area (Å²) in [5, 5.41) is 9.91. The predicted octanol–water partition coefficient (Wildman–Crippen LogP) is 2.88. The third-order valence-corrected chi connectivity index (χ3v) is 1.81. The van der Waals surface area contributed by atoms with E-state index < -0.39 is 0 Å². The molecule has 0 saturated heterocycles. The van der Waals surface area contributed by atoms with Crippen molar-refractivity contribution in [3.8, 4) is 0 Å². The minimum Gasteiger partial charge on any atom is -0.361 e. The lowest BCUT2D eigenvalue weighted by Crippen LogP contribution is -1.91. The van der Waals surface area contributed by atoms with Crippen molar-refractivity contribution in [2.45, 2.75) is 13.8 Å². The number of benzene rings is 1. The largest absolute Gasteiger partial charge is 0.361 e. The Bertz CT molecular complexity index is 327. The third-order valence-electron chi connectivity index (χ3n) is 1.81. The van der Waals surface area contributed by atoms with Crippen molar-refractivity contribution in [2.75, 3.05) is 5.32 Å². The molecule has 0 aromatic heterocycles. The van der Waals surface area contributed by atoms with E-state index in [1.165, 1.54) is 17.3 Å². The van der Waals surface area contributed by atoms with Crippen molar-refractivity contribution < 1.29 is 0 Å². The molecule has 13 heavy (non-hydrogen) atoms. The molecule has 0 aliphatic carbocycles. The van der Waals surface area contributed by atoms with Crippen LogP contribution >= 0.6 is 0 Å². The summed E-state index contributed by atoms with van der Waals surface area (Å²) < 4.78 is 0. The molecule has 1 aromatic rings. The number of hydrogen-bond acceptors (Lipinski definition) is 2. The highest BCUT2D eigenvalue weighted by Gasteiger charge is 1.94. The van der Waals surface area contributed by atoms with Gasteiger partial charge >= 0.3 is 0 Å². The molecule has 1 aromatic carbocycles. The van der Waals surface area contributed by atoms with Crippen LogP contribution in [0.15, 0.2) is 30.5 Å². The lowest BCUT2D eigenvalue weighted by Gasteiger charge is -2.05. The Kier molecular flexibility index (Phi) is 3.26. The van der Waals surface area contributed by atoms with Crippen LogP contribution in [-0.4, -0.2) is 6.21 Å². The van der Waals surface area contributed by atoms with E-state index in [0.29, 0.717) is 0 Å². The molecular formula is C11H14N2. The quantitative estimate of drug-likeness (QED) is 0.679. The van der Waals surface area contributed by atoms with Gasteiger partial charge in [-0.3, -0.25) is 0 Å². The highest BCUT2D eigenvalue weighted by molar-refractivity contribution is 5.68. The number of anilines is 1. The van der Waals surface area contributed by atoms with E-state index in [0.717, 1.165) is 5.69 Å². The molecule has 2 nitrogen and oxygen atoms in total. The topological polar surface area (TPSA) is 35.9 Å². The second kappa shape index (κ2) is 4.45. The average Bonchev–Trinajstić information content (AvgIpc) is 2.09. The first-order valence-corrected chi connectivity index (χ1v) is 4.23. The van der Waals surface area contributed by atoms with E-state index in [2.05, 4.69) is 31.3 Å². The molecule has 0 saturated carbocycles. The van der Waals surface area contributed by atoms with Gasteiger partial charge in [-0.2, -0.15) is 0 Å². The maximum absolute atomic E-state index is 6.80. The predicted molar refractivity (Wildman–Crippen MR) is 57.5 cm³/mol. The number of allylic oxidation sites excluding steroid dienone is 1. The summed E-state index contributed by atoms with van der Waals surface area (Å²) in [4.78, 5) is 0. The molecule has 0 atom stereocenters. The molecule has 0 fully saturated rings. The first-order valence-electron chi connectivity index (χ1n) is 4.23. The van der Waals surface area contributed by atoms with Gasteiger partial charge in [-0.15, -0.1) is 0 Å². The van der Waals surface area contributed by atoms with Crippen molar-refractivity contribution in [3.63, 3.8) is 0 Å². The molecule has 0 spiro atoms. The lowest BCUT2D eigenvalue weighted by molar-refractivity contribution is 1.37. The van der Waals surface area contributed by atoms with Gasteiger partial charge in [0.15, 0.2) is 0 Å². The molecule has 2 heteroatoms. The van der Waals surface area contributed by atoms with E-state index in [9.17, 15) is 0 Å².